The topological polar surface area (TPSA) is 38.7 Å². The van der Waals surface area contributed by atoms with Gasteiger partial charge in [-0.15, -0.1) is 0 Å². The Morgan fingerprint density at radius 3 is 2.63 bits per heavy atom. The molecule has 2 aliphatic rings. The summed E-state index contributed by atoms with van der Waals surface area (Å²) in [5.41, 5.74) is 0.935. The van der Waals surface area contributed by atoms with Crippen molar-refractivity contribution in [3.63, 3.8) is 0 Å². The average molecular weight is 262 g/mol. The normalized spacial score (nSPS) is 29.9. The molecule has 3 rings (SSSR count). The number of hydrogen-bond acceptors (Lipinski definition) is 3. The first kappa shape index (κ1) is 12.9. The van der Waals surface area contributed by atoms with Crippen LogP contribution in [0.2, 0.25) is 0 Å². The molecule has 0 amide bonds. The molecule has 0 aliphatic heterocycles. The highest BCUT2D eigenvalue weighted by Crippen LogP contribution is 2.57. The number of hydrogen-bond donors (Lipinski definition) is 1. The Morgan fingerprint density at radius 2 is 1.89 bits per heavy atom. The van der Waals surface area contributed by atoms with Gasteiger partial charge in [0.15, 0.2) is 0 Å². The summed E-state index contributed by atoms with van der Waals surface area (Å²) in [6.07, 6.45) is 3.36. The van der Waals surface area contributed by atoms with Gasteiger partial charge in [-0.2, -0.15) is 0 Å². The van der Waals surface area contributed by atoms with E-state index >= 15 is 0 Å². The highest BCUT2D eigenvalue weighted by molar-refractivity contribution is 5.35. The number of rotatable bonds is 6. The molecular formula is C16H22O3. The second-order valence-electron chi connectivity index (χ2n) is 5.81. The van der Waals surface area contributed by atoms with E-state index in [0.29, 0.717) is 19.1 Å². The van der Waals surface area contributed by atoms with Crippen molar-refractivity contribution in [2.45, 2.75) is 25.4 Å². The maximum absolute atomic E-state index is 10.6. The zero-order chi connectivity index (χ0) is 13.2. The van der Waals surface area contributed by atoms with Gasteiger partial charge in [0.1, 0.15) is 12.4 Å². The lowest BCUT2D eigenvalue weighted by Gasteiger charge is -2.22. The Bertz CT molecular complexity index is 422. The van der Waals surface area contributed by atoms with E-state index in [0.717, 1.165) is 23.1 Å². The van der Waals surface area contributed by atoms with Crippen molar-refractivity contribution < 1.29 is 14.6 Å². The fourth-order valence-corrected chi connectivity index (χ4v) is 3.36. The third kappa shape index (κ3) is 2.77. The monoisotopic (exact) mass is 262 g/mol. The molecule has 0 spiro atoms. The van der Waals surface area contributed by atoms with E-state index in [1.165, 1.54) is 19.3 Å². The van der Waals surface area contributed by atoms with E-state index in [2.05, 4.69) is 0 Å². The summed E-state index contributed by atoms with van der Waals surface area (Å²) in [7, 11) is 1.66. The predicted octanol–water partition coefficient (Wildman–Crippen LogP) is 2.79. The molecule has 19 heavy (non-hydrogen) atoms. The van der Waals surface area contributed by atoms with Crippen molar-refractivity contribution >= 4 is 0 Å². The molecule has 3 atom stereocenters. The number of para-hydroxylation sites is 1. The molecule has 0 radical (unpaired) electrons. The lowest BCUT2D eigenvalue weighted by atomic mass is 9.91. The first-order valence-corrected chi connectivity index (χ1v) is 7.18. The van der Waals surface area contributed by atoms with Crippen LogP contribution in [-0.4, -0.2) is 25.4 Å². The van der Waals surface area contributed by atoms with Gasteiger partial charge in [-0.05, 0) is 43.1 Å². The second-order valence-corrected chi connectivity index (χ2v) is 5.81. The van der Waals surface area contributed by atoms with Gasteiger partial charge >= 0.3 is 0 Å². The zero-order valence-corrected chi connectivity index (χ0v) is 11.4. The van der Waals surface area contributed by atoms with E-state index < -0.39 is 0 Å². The molecule has 1 N–H and O–H groups in total. The summed E-state index contributed by atoms with van der Waals surface area (Å²) in [5, 5.41) is 10.6. The number of aliphatic hydroxyl groups is 1. The molecule has 1 aromatic carbocycles. The molecule has 3 unspecified atom stereocenters. The van der Waals surface area contributed by atoms with Crippen molar-refractivity contribution in [2.24, 2.45) is 17.8 Å². The van der Waals surface area contributed by atoms with Gasteiger partial charge in [-0.25, -0.2) is 0 Å². The average Bonchev–Trinajstić information content (AvgIpc) is 3.05. The summed E-state index contributed by atoms with van der Waals surface area (Å²) < 4.78 is 10.7. The molecule has 2 fully saturated rings. The minimum atomic E-state index is -0.383. The SMILES string of the molecule is COCCOc1ccccc1C(O)C1CC2CC2C1. The summed E-state index contributed by atoms with van der Waals surface area (Å²) >= 11 is 0. The highest BCUT2D eigenvalue weighted by atomic mass is 16.5. The smallest absolute Gasteiger partial charge is 0.125 e. The van der Waals surface area contributed by atoms with Crippen LogP contribution in [0.3, 0.4) is 0 Å². The van der Waals surface area contributed by atoms with Gasteiger partial charge in [0.25, 0.3) is 0 Å². The minimum Gasteiger partial charge on any atom is -0.491 e. The Morgan fingerprint density at radius 1 is 1.16 bits per heavy atom. The first-order valence-electron chi connectivity index (χ1n) is 7.18. The van der Waals surface area contributed by atoms with Crippen LogP contribution < -0.4 is 4.74 Å². The Balaban J connectivity index is 1.68. The summed E-state index contributed by atoms with van der Waals surface area (Å²) in [4.78, 5) is 0. The second kappa shape index (κ2) is 5.51. The van der Waals surface area contributed by atoms with E-state index in [1.807, 2.05) is 24.3 Å². The van der Waals surface area contributed by atoms with E-state index in [4.69, 9.17) is 9.47 Å². The third-order valence-corrected chi connectivity index (χ3v) is 4.51. The summed E-state index contributed by atoms with van der Waals surface area (Å²) in [6.45, 7) is 1.09. The van der Waals surface area contributed by atoms with Crippen molar-refractivity contribution in [2.75, 3.05) is 20.3 Å². The zero-order valence-electron chi connectivity index (χ0n) is 11.4. The summed E-state index contributed by atoms with van der Waals surface area (Å²) in [6, 6.07) is 7.84. The lowest BCUT2D eigenvalue weighted by Crippen LogP contribution is -2.13. The number of fused-ring (bicyclic) bond motifs is 1. The third-order valence-electron chi connectivity index (χ3n) is 4.51. The van der Waals surface area contributed by atoms with Crippen LogP contribution in [0.4, 0.5) is 0 Å². The van der Waals surface area contributed by atoms with Crippen LogP contribution >= 0.6 is 0 Å². The van der Waals surface area contributed by atoms with Crippen molar-refractivity contribution in [1.82, 2.24) is 0 Å². The standard InChI is InChI=1S/C16H22O3/c1-18-6-7-19-15-5-3-2-4-14(15)16(17)13-9-11-8-12(11)10-13/h2-5,11-13,16-17H,6-10H2,1H3. The molecule has 0 bridgehead atoms. The van der Waals surface area contributed by atoms with Gasteiger partial charge in [0.05, 0.1) is 12.7 Å². The van der Waals surface area contributed by atoms with Crippen LogP contribution in [0.5, 0.6) is 5.75 Å². The van der Waals surface area contributed by atoms with Crippen LogP contribution in [0, 0.1) is 17.8 Å². The maximum atomic E-state index is 10.6. The highest BCUT2D eigenvalue weighted by Gasteiger charge is 2.48. The molecule has 3 nitrogen and oxygen atoms in total. The lowest BCUT2D eigenvalue weighted by molar-refractivity contribution is 0.0973. The number of methoxy groups -OCH3 is 1. The Labute approximate surface area is 114 Å². The number of benzene rings is 1. The molecule has 104 valence electrons. The molecule has 3 heteroatoms. The van der Waals surface area contributed by atoms with Crippen molar-refractivity contribution in [3.8, 4) is 5.75 Å². The fraction of sp³-hybridized carbons (Fsp3) is 0.625. The van der Waals surface area contributed by atoms with E-state index in [9.17, 15) is 5.11 Å². The molecule has 2 aliphatic carbocycles. The van der Waals surface area contributed by atoms with Crippen LogP contribution in [0.1, 0.15) is 30.9 Å². The molecule has 0 aromatic heterocycles. The summed E-state index contributed by atoms with van der Waals surface area (Å²) in [5.74, 6) is 2.99. The molecule has 1 aromatic rings. The maximum Gasteiger partial charge on any atom is 0.125 e. The first-order chi connectivity index (χ1) is 9.29. The molecule has 0 heterocycles. The molecule has 0 saturated heterocycles. The van der Waals surface area contributed by atoms with Crippen molar-refractivity contribution in [1.29, 1.82) is 0 Å². The van der Waals surface area contributed by atoms with Gasteiger partial charge in [0.2, 0.25) is 0 Å². The van der Waals surface area contributed by atoms with Crippen LogP contribution in [0.25, 0.3) is 0 Å². The number of ether oxygens (including phenoxy) is 2. The van der Waals surface area contributed by atoms with Crippen LogP contribution in [-0.2, 0) is 4.74 Å². The fourth-order valence-electron chi connectivity index (χ4n) is 3.36. The van der Waals surface area contributed by atoms with E-state index in [1.54, 1.807) is 7.11 Å². The van der Waals surface area contributed by atoms with E-state index in [-0.39, 0.29) is 6.10 Å². The predicted molar refractivity (Wildman–Crippen MR) is 73.1 cm³/mol. The van der Waals surface area contributed by atoms with Crippen LogP contribution in [0.15, 0.2) is 24.3 Å². The molecular weight excluding hydrogens is 240 g/mol. The Hall–Kier alpha value is -1.06. The van der Waals surface area contributed by atoms with Gasteiger partial charge < -0.3 is 14.6 Å². The van der Waals surface area contributed by atoms with Gasteiger partial charge in [-0.3, -0.25) is 0 Å². The van der Waals surface area contributed by atoms with Gasteiger partial charge in [-0.1, -0.05) is 18.2 Å². The number of aliphatic hydroxyl groups excluding tert-OH is 1. The minimum absolute atomic E-state index is 0.383. The van der Waals surface area contributed by atoms with Gasteiger partial charge in [0, 0.05) is 12.7 Å². The Kier molecular flexibility index (Phi) is 3.76. The largest absolute Gasteiger partial charge is 0.491 e. The quantitative estimate of drug-likeness (QED) is 0.801. The molecule has 2 saturated carbocycles. The van der Waals surface area contributed by atoms with Crippen molar-refractivity contribution in [3.05, 3.63) is 29.8 Å².